The van der Waals surface area contributed by atoms with Gasteiger partial charge in [-0.25, -0.2) is 4.79 Å². The van der Waals surface area contributed by atoms with Crippen molar-refractivity contribution in [2.75, 3.05) is 34.0 Å². The maximum Gasteiger partial charge on any atom is 0.332 e. The van der Waals surface area contributed by atoms with E-state index in [2.05, 4.69) is 0 Å². The minimum Gasteiger partial charge on any atom is -0.481 e. The first-order chi connectivity index (χ1) is 9.92. The summed E-state index contributed by atoms with van der Waals surface area (Å²) in [5.74, 6) is -3.29. The number of carbonyl (C=O) groups is 3. The van der Waals surface area contributed by atoms with Crippen LogP contribution in [0.25, 0.3) is 0 Å². The molecule has 0 aliphatic carbocycles. The Bertz CT molecular complexity index is 399. The molecule has 120 valence electrons. The molecule has 2 N–H and O–H groups in total. The van der Waals surface area contributed by atoms with Gasteiger partial charge in [-0.05, 0) is 12.0 Å². The van der Waals surface area contributed by atoms with Crippen molar-refractivity contribution >= 4 is 17.9 Å². The third kappa shape index (κ3) is 8.77. The van der Waals surface area contributed by atoms with Gasteiger partial charge < -0.3 is 24.4 Å². The van der Waals surface area contributed by atoms with Crippen molar-refractivity contribution in [1.29, 1.82) is 0 Å². The Kier molecular flexibility index (Phi) is 9.82. The van der Waals surface area contributed by atoms with E-state index in [0.717, 1.165) is 0 Å². The third-order valence-corrected chi connectivity index (χ3v) is 2.53. The Morgan fingerprint density at radius 3 is 2.00 bits per heavy atom. The van der Waals surface area contributed by atoms with Crippen LogP contribution in [0.2, 0.25) is 0 Å². The van der Waals surface area contributed by atoms with Crippen LogP contribution in [-0.4, -0.2) is 62.2 Å². The quantitative estimate of drug-likeness (QED) is 0.321. The lowest BCUT2D eigenvalue weighted by Gasteiger charge is -2.11. The molecule has 0 aromatic heterocycles. The fraction of sp³-hybridized carbons (Fsp3) is 0.615. The highest BCUT2D eigenvalue weighted by molar-refractivity contribution is 5.93. The third-order valence-electron chi connectivity index (χ3n) is 2.53. The van der Waals surface area contributed by atoms with E-state index >= 15 is 0 Å². The van der Waals surface area contributed by atoms with E-state index in [-0.39, 0.29) is 43.8 Å². The van der Waals surface area contributed by atoms with Gasteiger partial charge in [-0.1, -0.05) is 0 Å². The number of hydrogen-bond donors (Lipinski definition) is 2. The van der Waals surface area contributed by atoms with E-state index in [1.807, 2.05) is 0 Å². The summed E-state index contributed by atoms with van der Waals surface area (Å²) >= 11 is 0. The largest absolute Gasteiger partial charge is 0.481 e. The molecule has 0 saturated carbocycles. The van der Waals surface area contributed by atoms with Crippen LogP contribution in [-0.2, 0) is 28.6 Å². The van der Waals surface area contributed by atoms with Crippen LogP contribution in [0, 0.1) is 0 Å². The predicted molar refractivity (Wildman–Crippen MR) is 70.9 cm³/mol. The molecule has 0 unspecified atom stereocenters. The van der Waals surface area contributed by atoms with Gasteiger partial charge in [-0.2, -0.15) is 0 Å². The van der Waals surface area contributed by atoms with Crippen molar-refractivity contribution in [1.82, 2.24) is 0 Å². The van der Waals surface area contributed by atoms with Crippen LogP contribution in [0.5, 0.6) is 0 Å². The summed E-state index contributed by atoms with van der Waals surface area (Å²) in [4.78, 5) is 33.5. The average Bonchev–Trinajstić information content (AvgIpc) is 2.40. The number of carboxylic acids is 2. The Hall–Kier alpha value is -1.93. The molecule has 0 aliphatic heterocycles. The number of carbonyl (C=O) groups excluding carboxylic acids is 1. The molecule has 0 bridgehead atoms. The fourth-order valence-electron chi connectivity index (χ4n) is 1.54. The Morgan fingerprint density at radius 1 is 0.905 bits per heavy atom. The number of hydrogen-bond acceptors (Lipinski definition) is 6. The van der Waals surface area contributed by atoms with Gasteiger partial charge in [0, 0.05) is 26.4 Å². The van der Waals surface area contributed by atoms with E-state index in [1.54, 1.807) is 0 Å². The normalized spacial score (nSPS) is 11.7. The van der Waals surface area contributed by atoms with Crippen molar-refractivity contribution in [3.8, 4) is 0 Å². The molecule has 0 aromatic carbocycles. The highest BCUT2D eigenvalue weighted by Gasteiger charge is 2.20. The molecular weight excluding hydrogens is 284 g/mol. The van der Waals surface area contributed by atoms with Gasteiger partial charge in [0.1, 0.15) is 6.61 Å². The van der Waals surface area contributed by atoms with Crippen LogP contribution < -0.4 is 0 Å². The molecule has 0 amide bonds. The topological polar surface area (TPSA) is 119 Å². The zero-order valence-corrected chi connectivity index (χ0v) is 12.1. The van der Waals surface area contributed by atoms with Gasteiger partial charge >= 0.3 is 17.9 Å². The summed E-state index contributed by atoms with van der Waals surface area (Å²) in [5, 5.41) is 17.8. The highest BCUT2D eigenvalue weighted by atomic mass is 16.6. The standard InChI is InChI=1S/C13H20O8/c1-19-4-3-9(7-12(16)21-6-5-20-2)10(13(17)18)8-11(14)15/h3-8H2,1-2H3,(H,14,15)(H,17,18). The van der Waals surface area contributed by atoms with Gasteiger partial charge in [0.05, 0.1) is 19.4 Å². The van der Waals surface area contributed by atoms with Crippen molar-refractivity contribution in [2.24, 2.45) is 0 Å². The first-order valence-electron chi connectivity index (χ1n) is 6.21. The number of ether oxygens (including phenoxy) is 3. The summed E-state index contributed by atoms with van der Waals surface area (Å²) < 4.78 is 14.4. The van der Waals surface area contributed by atoms with Gasteiger partial charge in [0.15, 0.2) is 0 Å². The predicted octanol–water partition coefficient (Wildman–Crippen LogP) is 0.459. The van der Waals surface area contributed by atoms with E-state index < -0.39 is 24.3 Å². The number of rotatable bonds is 11. The Balaban J connectivity index is 4.99. The van der Waals surface area contributed by atoms with E-state index in [9.17, 15) is 14.4 Å². The second-order valence-electron chi connectivity index (χ2n) is 4.09. The summed E-state index contributed by atoms with van der Waals surface area (Å²) in [6.07, 6.45) is -0.813. The lowest BCUT2D eigenvalue weighted by Crippen LogP contribution is -2.15. The summed E-state index contributed by atoms with van der Waals surface area (Å²) in [6, 6.07) is 0. The molecule has 0 saturated heterocycles. The van der Waals surface area contributed by atoms with Crippen LogP contribution in [0.4, 0.5) is 0 Å². The molecule has 0 atom stereocenters. The van der Waals surface area contributed by atoms with Crippen LogP contribution in [0.15, 0.2) is 11.1 Å². The highest BCUT2D eigenvalue weighted by Crippen LogP contribution is 2.18. The van der Waals surface area contributed by atoms with E-state index in [0.29, 0.717) is 0 Å². The second-order valence-corrected chi connectivity index (χ2v) is 4.09. The summed E-state index contributed by atoms with van der Waals surface area (Å²) in [5.41, 5.74) is -0.127. The van der Waals surface area contributed by atoms with Crippen molar-refractivity contribution in [3.05, 3.63) is 11.1 Å². The second kappa shape index (κ2) is 10.8. The monoisotopic (exact) mass is 304 g/mol. The molecule has 0 radical (unpaired) electrons. The first kappa shape index (κ1) is 19.1. The zero-order chi connectivity index (χ0) is 16.3. The lowest BCUT2D eigenvalue weighted by molar-refractivity contribution is -0.144. The Labute approximate surface area is 122 Å². The SMILES string of the molecule is COCCOC(=O)CC(CCOC)=C(CC(=O)O)C(=O)O. The smallest absolute Gasteiger partial charge is 0.332 e. The maximum atomic E-state index is 11.6. The van der Waals surface area contributed by atoms with E-state index in [1.165, 1.54) is 14.2 Å². The molecule has 0 fully saturated rings. The molecule has 0 aromatic rings. The zero-order valence-electron chi connectivity index (χ0n) is 12.1. The summed E-state index contributed by atoms with van der Waals surface area (Å²) in [7, 11) is 2.87. The molecule has 0 heterocycles. The minimum absolute atomic E-state index is 0.0498. The number of methoxy groups -OCH3 is 2. The molecule has 8 heteroatoms. The van der Waals surface area contributed by atoms with Gasteiger partial charge in [0.2, 0.25) is 0 Å². The Morgan fingerprint density at radius 2 is 1.52 bits per heavy atom. The van der Waals surface area contributed by atoms with Gasteiger partial charge in [-0.3, -0.25) is 9.59 Å². The van der Waals surface area contributed by atoms with Gasteiger partial charge in [-0.15, -0.1) is 0 Å². The molecule has 8 nitrogen and oxygen atoms in total. The average molecular weight is 304 g/mol. The van der Waals surface area contributed by atoms with Crippen LogP contribution >= 0.6 is 0 Å². The van der Waals surface area contributed by atoms with Crippen molar-refractivity contribution < 1.29 is 38.8 Å². The molecule has 0 spiro atoms. The molecule has 21 heavy (non-hydrogen) atoms. The van der Waals surface area contributed by atoms with Crippen molar-refractivity contribution in [3.63, 3.8) is 0 Å². The molecular formula is C13H20O8. The van der Waals surface area contributed by atoms with Crippen molar-refractivity contribution in [2.45, 2.75) is 19.3 Å². The molecule has 0 aliphatic rings. The molecule has 0 rings (SSSR count). The van der Waals surface area contributed by atoms with Crippen LogP contribution in [0.1, 0.15) is 19.3 Å². The number of esters is 1. The van der Waals surface area contributed by atoms with E-state index in [4.69, 9.17) is 24.4 Å². The summed E-state index contributed by atoms with van der Waals surface area (Å²) in [6.45, 7) is 0.453. The maximum absolute atomic E-state index is 11.6. The van der Waals surface area contributed by atoms with Crippen LogP contribution in [0.3, 0.4) is 0 Å². The number of carboxylic acid groups (broad SMARTS) is 2. The van der Waals surface area contributed by atoms with Gasteiger partial charge in [0.25, 0.3) is 0 Å². The minimum atomic E-state index is -1.37. The fourth-order valence-corrected chi connectivity index (χ4v) is 1.54. The lowest BCUT2D eigenvalue weighted by atomic mass is 9.99. The number of aliphatic carboxylic acids is 2. The first-order valence-corrected chi connectivity index (χ1v) is 6.21.